The zero-order valence-corrected chi connectivity index (χ0v) is 18.7. The van der Waals surface area contributed by atoms with Crippen LogP contribution in [0.5, 0.6) is 17.2 Å². The van der Waals surface area contributed by atoms with Gasteiger partial charge in [-0.05, 0) is 48.6 Å². The third kappa shape index (κ3) is 5.19. The molecule has 0 fully saturated rings. The minimum atomic E-state index is 0.389. The topological polar surface area (TPSA) is 89.3 Å². The number of hydrogen-bond acceptors (Lipinski definition) is 8. The first kappa shape index (κ1) is 22.2. The van der Waals surface area contributed by atoms with Crippen LogP contribution >= 0.6 is 11.8 Å². The van der Waals surface area contributed by atoms with Crippen LogP contribution in [-0.2, 0) is 6.42 Å². The molecule has 1 heterocycles. The zero-order chi connectivity index (χ0) is 22.2. The minimum Gasteiger partial charge on any atom is -0.497 e. The number of ether oxygens (including phenoxy) is 3. The number of thioether (sulfide) groups is 1. The van der Waals surface area contributed by atoms with Crippen molar-refractivity contribution in [2.45, 2.75) is 11.6 Å². The van der Waals surface area contributed by atoms with Gasteiger partial charge in [-0.1, -0.05) is 23.9 Å². The van der Waals surface area contributed by atoms with Gasteiger partial charge in [-0.3, -0.25) is 0 Å². The average Bonchev–Trinajstić information content (AvgIpc) is 2.83. The highest BCUT2D eigenvalue weighted by Crippen LogP contribution is 2.35. The van der Waals surface area contributed by atoms with E-state index in [0.717, 1.165) is 23.3 Å². The van der Waals surface area contributed by atoms with Crippen molar-refractivity contribution < 1.29 is 14.2 Å². The first-order chi connectivity index (χ1) is 15.1. The molecule has 7 nitrogen and oxygen atoms in total. The molecule has 0 saturated carbocycles. The predicted octanol–water partition coefficient (Wildman–Crippen LogP) is 4.42. The molecule has 1 N–H and O–H groups in total. The molecule has 0 amide bonds. The van der Waals surface area contributed by atoms with E-state index in [9.17, 15) is 5.26 Å². The Morgan fingerprint density at radius 3 is 2.32 bits per heavy atom. The Morgan fingerprint density at radius 1 is 0.968 bits per heavy atom. The number of aromatic nitrogens is 2. The Hall–Kier alpha value is -3.44. The Balaban J connectivity index is 1.89. The molecule has 0 aliphatic carbocycles. The van der Waals surface area contributed by atoms with E-state index in [0.29, 0.717) is 40.3 Å². The van der Waals surface area contributed by atoms with Crippen LogP contribution in [0.4, 0.5) is 5.82 Å². The molecule has 0 aliphatic heterocycles. The van der Waals surface area contributed by atoms with Crippen LogP contribution in [0.3, 0.4) is 0 Å². The van der Waals surface area contributed by atoms with Crippen molar-refractivity contribution in [2.75, 3.05) is 39.4 Å². The molecule has 8 heteroatoms. The number of rotatable bonds is 9. The summed E-state index contributed by atoms with van der Waals surface area (Å²) in [6.45, 7) is 0.622. The Morgan fingerprint density at radius 2 is 1.71 bits per heavy atom. The first-order valence-electron chi connectivity index (χ1n) is 9.58. The predicted molar refractivity (Wildman–Crippen MR) is 122 cm³/mol. The molecule has 0 saturated heterocycles. The summed E-state index contributed by atoms with van der Waals surface area (Å²) in [7, 11) is 4.81. The van der Waals surface area contributed by atoms with E-state index in [1.165, 1.54) is 11.8 Å². The molecule has 0 aliphatic rings. The highest BCUT2D eigenvalue weighted by atomic mass is 32.2. The lowest BCUT2D eigenvalue weighted by Crippen LogP contribution is -2.10. The molecule has 1 aromatic heterocycles. The van der Waals surface area contributed by atoms with E-state index < -0.39 is 0 Å². The number of anilines is 1. The number of nitriles is 1. The second-order valence-electron chi connectivity index (χ2n) is 6.49. The fourth-order valence-electron chi connectivity index (χ4n) is 3.08. The van der Waals surface area contributed by atoms with Gasteiger partial charge in [0.15, 0.2) is 16.7 Å². The molecule has 2 aromatic carbocycles. The molecule has 0 atom stereocenters. The van der Waals surface area contributed by atoms with Gasteiger partial charge in [0.2, 0.25) is 0 Å². The van der Waals surface area contributed by atoms with Gasteiger partial charge in [0.1, 0.15) is 23.2 Å². The van der Waals surface area contributed by atoms with Crippen molar-refractivity contribution in [3.63, 3.8) is 0 Å². The maximum Gasteiger partial charge on any atom is 0.189 e. The van der Waals surface area contributed by atoms with E-state index >= 15 is 0 Å². The van der Waals surface area contributed by atoms with Crippen molar-refractivity contribution in [3.05, 3.63) is 53.6 Å². The van der Waals surface area contributed by atoms with E-state index in [1.807, 2.05) is 42.7 Å². The normalized spacial score (nSPS) is 10.3. The van der Waals surface area contributed by atoms with Gasteiger partial charge < -0.3 is 19.5 Å². The van der Waals surface area contributed by atoms with Crippen molar-refractivity contribution in [1.82, 2.24) is 9.97 Å². The fraction of sp³-hybridized carbons (Fsp3) is 0.261. The third-order valence-corrected chi connectivity index (χ3v) is 5.25. The number of hydrogen-bond donors (Lipinski definition) is 1. The molecule has 0 bridgehead atoms. The lowest BCUT2D eigenvalue weighted by molar-refractivity contribution is 0.355. The molecule has 3 rings (SSSR count). The Kier molecular flexibility index (Phi) is 7.57. The SMILES string of the molecule is COc1ccc(CCNc2nc(SC)nc(-c3ccc(OC)c(OC)c3)c2C#N)cc1. The lowest BCUT2D eigenvalue weighted by Gasteiger charge is -2.14. The van der Waals surface area contributed by atoms with Crippen LogP contribution in [-0.4, -0.2) is 44.1 Å². The summed E-state index contributed by atoms with van der Waals surface area (Å²) in [6.07, 6.45) is 2.68. The highest BCUT2D eigenvalue weighted by Gasteiger charge is 2.17. The minimum absolute atomic E-state index is 0.389. The van der Waals surface area contributed by atoms with Crippen LogP contribution in [0.2, 0.25) is 0 Å². The largest absolute Gasteiger partial charge is 0.497 e. The number of nitrogens with one attached hydrogen (secondary N) is 1. The van der Waals surface area contributed by atoms with Crippen LogP contribution in [0, 0.1) is 11.3 Å². The van der Waals surface area contributed by atoms with E-state index in [4.69, 9.17) is 14.2 Å². The quantitative estimate of drug-likeness (QED) is 0.390. The van der Waals surface area contributed by atoms with Gasteiger partial charge in [-0.2, -0.15) is 5.26 Å². The number of benzene rings is 2. The Bertz CT molecular complexity index is 1080. The van der Waals surface area contributed by atoms with Crippen LogP contribution < -0.4 is 19.5 Å². The molecule has 3 aromatic rings. The van der Waals surface area contributed by atoms with Gasteiger partial charge >= 0.3 is 0 Å². The second kappa shape index (κ2) is 10.5. The summed E-state index contributed by atoms with van der Waals surface area (Å²) in [5.74, 6) is 2.52. The van der Waals surface area contributed by atoms with Crippen molar-refractivity contribution >= 4 is 17.6 Å². The van der Waals surface area contributed by atoms with Crippen molar-refractivity contribution in [3.8, 4) is 34.6 Å². The van der Waals surface area contributed by atoms with Crippen LogP contribution in [0.15, 0.2) is 47.6 Å². The molecule has 31 heavy (non-hydrogen) atoms. The lowest BCUT2D eigenvalue weighted by atomic mass is 10.1. The summed E-state index contributed by atoms with van der Waals surface area (Å²) in [5.41, 5.74) is 2.85. The average molecular weight is 437 g/mol. The highest BCUT2D eigenvalue weighted by molar-refractivity contribution is 7.98. The van der Waals surface area contributed by atoms with E-state index in [2.05, 4.69) is 21.4 Å². The molecule has 160 valence electrons. The summed E-state index contributed by atoms with van der Waals surface area (Å²) < 4.78 is 15.9. The van der Waals surface area contributed by atoms with Gasteiger partial charge in [-0.15, -0.1) is 0 Å². The fourth-order valence-corrected chi connectivity index (χ4v) is 3.44. The van der Waals surface area contributed by atoms with Crippen molar-refractivity contribution in [1.29, 1.82) is 5.26 Å². The first-order valence-corrected chi connectivity index (χ1v) is 10.8. The number of nitrogens with zero attached hydrogens (tertiary/aromatic N) is 3. The molecule has 0 radical (unpaired) electrons. The summed E-state index contributed by atoms with van der Waals surface area (Å²) >= 11 is 1.42. The molecule has 0 unspecified atom stereocenters. The molecular formula is C23H24N4O3S. The van der Waals surface area contributed by atoms with Gasteiger partial charge in [0.05, 0.1) is 27.0 Å². The van der Waals surface area contributed by atoms with Gasteiger partial charge in [-0.25, -0.2) is 9.97 Å². The molecular weight excluding hydrogens is 412 g/mol. The van der Waals surface area contributed by atoms with Gasteiger partial charge in [0, 0.05) is 12.1 Å². The van der Waals surface area contributed by atoms with Crippen molar-refractivity contribution in [2.24, 2.45) is 0 Å². The third-order valence-electron chi connectivity index (χ3n) is 4.71. The summed E-state index contributed by atoms with van der Waals surface area (Å²) in [4.78, 5) is 9.11. The summed E-state index contributed by atoms with van der Waals surface area (Å²) in [5, 5.41) is 13.8. The Labute approximate surface area is 186 Å². The van der Waals surface area contributed by atoms with Gasteiger partial charge in [0.25, 0.3) is 0 Å². The monoisotopic (exact) mass is 436 g/mol. The van der Waals surface area contributed by atoms with E-state index in [-0.39, 0.29) is 0 Å². The summed E-state index contributed by atoms with van der Waals surface area (Å²) in [6, 6.07) is 15.6. The van der Waals surface area contributed by atoms with Crippen LogP contribution in [0.1, 0.15) is 11.1 Å². The molecule has 0 spiro atoms. The number of methoxy groups -OCH3 is 3. The van der Waals surface area contributed by atoms with E-state index in [1.54, 1.807) is 27.4 Å². The van der Waals surface area contributed by atoms with Crippen LogP contribution in [0.25, 0.3) is 11.3 Å². The zero-order valence-electron chi connectivity index (χ0n) is 17.9. The second-order valence-corrected chi connectivity index (χ2v) is 7.26. The standard InChI is InChI=1S/C23H24N4O3S/c1-28-17-8-5-15(6-9-17)11-12-25-22-18(14-24)21(26-23(27-22)31-4)16-7-10-19(29-2)20(13-16)30-3/h5-10,13H,11-12H2,1-4H3,(H,25,26,27). The smallest absolute Gasteiger partial charge is 0.189 e. The maximum atomic E-state index is 9.88. The maximum absolute atomic E-state index is 9.88.